The van der Waals surface area contributed by atoms with Gasteiger partial charge < -0.3 is 0 Å². The Balaban J connectivity index is 2.36. The summed E-state index contributed by atoms with van der Waals surface area (Å²) in [4.78, 5) is 13.9. The van der Waals surface area contributed by atoms with E-state index in [9.17, 15) is 23.3 Å². The van der Waals surface area contributed by atoms with Crippen LogP contribution >= 0.6 is 0 Å². The zero-order valence-corrected chi connectivity index (χ0v) is 11.5. The van der Waals surface area contributed by atoms with Gasteiger partial charge >= 0.3 is 6.18 Å². The van der Waals surface area contributed by atoms with E-state index < -0.39 is 16.8 Å². The fourth-order valence-corrected chi connectivity index (χ4v) is 2.33. The molecule has 0 saturated heterocycles. The minimum absolute atomic E-state index is 0.0595. The van der Waals surface area contributed by atoms with Gasteiger partial charge in [0.15, 0.2) is 0 Å². The number of halogens is 3. The van der Waals surface area contributed by atoms with Gasteiger partial charge in [0.1, 0.15) is 5.69 Å². The number of pyridine rings is 1. The van der Waals surface area contributed by atoms with Crippen LogP contribution in [-0.2, 0) is 6.18 Å². The van der Waals surface area contributed by atoms with Gasteiger partial charge in [0.2, 0.25) is 0 Å². The Morgan fingerprint density at radius 3 is 2.30 bits per heavy atom. The maximum atomic E-state index is 13.0. The van der Waals surface area contributed by atoms with Crippen LogP contribution in [0.2, 0.25) is 0 Å². The van der Waals surface area contributed by atoms with Gasteiger partial charge in [0.25, 0.3) is 5.69 Å². The van der Waals surface area contributed by atoms with Crippen molar-refractivity contribution in [2.24, 2.45) is 0 Å². The average Bonchev–Trinajstić information content (AvgIpc) is 2.53. The molecule has 0 aliphatic heterocycles. The molecule has 0 aliphatic rings. The molecule has 0 fully saturated rings. The molecular formula is C16H9F3N2O2. The van der Waals surface area contributed by atoms with Gasteiger partial charge in [-0.05, 0) is 23.3 Å². The second-order valence-corrected chi connectivity index (χ2v) is 4.88. The van der Waals surface area contributed by atoms with Crippen LogP contribution in [-0.4, -0.2) is 9.91 Å². The third-order valence-electron chi connectivity index (χ3n) is 3.38. The number of nitro benzene ring substituents is 1. The summed E-state index contributed by atoms with van der Waals surface area (Å²) < 4.78 is 39.1. The summed E-state index contributed by atoms with van der Waals surface area (Å²) in [5, 5.41) is 11.2. The molecule has 3 aromatic rings. The fourth-order valence-electron chi connectivity index (χ4n) is 2.33. The minimum Gasteiger partial charge on any atom is -0.258 e. The molecule has 2 aromatic carbocycles. The van der Waals surface area contributed by atoms with Crippen molar-refractivity contribution in [3.63, 3.8) is 0 Å². The van der Waals surface area contributed by atoms with E-state index in [2.05, 4.69) is 4.98 Å². The molecule has 3 rings (SSSR count). The van der Waals surface area contributed by atoms with Crippen LogP contribution in [0.4, 0.5) is 18.9 Å². The largest absolute Gasteiger partial charge is 0.433 e. The van der Waals surface area contributed by atoms with Crippen LogP contribution in [0.1, 0.15) is 5.69 Å². The SMILES string of the molecule is O=[N+]([O-])c1ccc2nc(C(F)(F)F)cc(-c3ccccc3)c2c1. The molecule has 0 unspecified atom stereocenters. The molecule has 0 radical (unpaired) electrons. The highest BCUT2D eigenvalue weighted by atomic mass is 19.4. The van der Waals surface area contributed by atoms with Gasteiger partial charge in [-0.15, -0.1) is 0 Å². The Kier molecular flexibility index (Phi) is 3.48. The number of rotatable bonds is 2. The summed E-state index contributed by atoms with van der Waals surface area (Å²) in [7, 11) is 0. The predicted molar refractivity (Wildman–Crippen MR) is 78.8 cm³/mol. The molecule has 0 spiro atoms. The van der Waals surface area contributed by atoms with Crippen molar-refractivity contribution in [2.45, 2.75) is 6.18 Å². The monoisotopic (exact) mass is 318 g/mol. The van der Waals surface area contributed by atoms with E-state index in [0.29, 0.717) is 10.9 Å². The highest BCUT2D eigenvalue weighted by Crippen LogP contribution is 2.36. The lowest BCUT2D eigenvalue weighted by Crippen LogP contribution is -2.08. The van der Waals surface area contributed by atoms with E-state index in [1.165, 1.54) is 12.1 Å². The first-order valence-corrected chi connectivity index (χ1v) is 6.58. The van der Waals surface area contributed by atoms with E-state index in [4.69, 9.17) is 0 Å². The molecular weight excluding hydrogens is 309 g/mol. The Hall–Kier alpha value is -2.96. The molecule has 4 nitrogen and oxygen atoms in total. The lowest BCUT2D eigenvalue weighted by Gasteiger charge is -2.12. The van der Waals surface area contributed by atoms with Crippen molar-refractivity contribution in [1.82, 2.24) is 4.98 Å². The van der Waals surface area contributed by atoms with Crippen molar-refractivity contribution >= 4 is 16.6 Å². The molecule has 0 amide bonds. The lowest BCUT2D eigenvalue weighted by atomic mass is 9.99. The Morgan fingerprint density at radius 1 is 1.00 bits per heavy atom. The molecule has 0 atom stereocenters. The molecule has 7 heteroatoms. The van der Waals surface area contributed by atoms with Crippen LogP contribution in [0.15, 0.2) is 54.6 Å². The van der Waals surface area contributed by atoms with Crippen molar-refractivity contribution < 1.29 is 18.1 Å². The van der Waals surface area contributed by atoms with E-state index in [0.717, 1.165) is 12.1 Å². The van der Waals surface area contributed by atoms with E-state index in [-0.39, 0.29) is 16.8 Å². The van der Waals surface area contributed by atoms with Gasteiger partial charge in [-0.1, -0.05) is 30.3 Å². The Bertz CT molecular complexity index is 893. The van der Waals surface area contributed by atoms with Crippen LogP contribution < -0.4 is 0 Å². The Morgan fingerprint density at radius 2 is 1.70 bits per heavy atom. The number of hydrogen-bond donors (Lipinski definition) is 0. The number of aromatic nitrogens is 1. The molecule has 0 aliphatic carbocycles. The summed E-state index contributed by atoms with van der Waals surface area (Å²) in [6.45, 7) is 0. The van der Waals surface area contributed by atoms with Crippen molar-refractivity contribution in [3.05, 3.63) is 70.4 Å². The first-order chi connectivity index (χ1) is 10.9. The molecule has 0 saturated carbocycles. The maximum Gasteiger partial charge on any atom is 0.433 e. The smallest absolute Gasteiger partial charge is 0.258 e. The van der Waals surface area contributed by atoms with Gasteiger partial charge in [-0.3, -0.25) is 10.1 Å². The predicted octanol–water partition coefficient (Wildman–Crippen LogP) is 4.83. The zero-order valence-electron chi connectivity index (χ0n) is 11.5. The molecule has 23 heavy (non-hydrogen) atoms. The first-order valence-electron chi connectivity index (χ1n) is 6.58. The zero-order chi connectivity index (χ0) is 16.6. The minimum atomic E-state index is -4.60. The highest BCUT2D eigenvalue weighted by Gasteiger charge is 2.33. The van der Waals surface area contributed by atoms with E-state index in [1.54, 1.807) is 30.3 Å². The molecule has 1 aromatic heterocycles. The summed E-state index contributed by atoms with van der Waals surface area (Å²) in [6.07, 6.45) is -4.60. The van der Waals surface area contributed by atoms with E-state index >= 15 is 0 Å². The van der Waals surface area contributed by atoms with Crippen LogP contribution in [0.3, 0.4) is 0 Å². The third-order valence-corrected chi connectivity index (χ3v) is 3.38. The summed E-state index contributed by atoms with van der Waals surface area (Å²) in [5.74, 6) is 0. The quantitative estimate of drug-likeness (QED) is 0.502. The lowest BCUT2D eigenvalue weighted by molar-refractivity contribution is -0.384. The van der Waals surface area contributed by atoms with E-state index in [1.807, 2.05) is 0 Å². The number of nitrogens with zero attached hydrogens (tertiary/aromatic N) is 2. The number of benzene rings is 2. The van der Waals surface area contributed by atoms with Gasteiger partial charge in [0, 0.05) is 17.5 Å². The molecule has 0 bridgehead atoms. The second-order valence-electron chi connectivity index (χ2n) is 4.88. The molecule has 1 heterocycles. The van der Waals surface area contributed by atoms with Crippen molar-refractivity contribution in [2.75, 3.05) is 0 Å². The van der Waals surface area contributed by atoms with Gasteiger partial charge in [0.05, 0.1) is 10.4 Å². The Labute approximate surface area is 128 Å². The standard InChI is InChI=1S/C16H9F3N2O2/c17-16(18,19)15-9-12(10-4-2-1-3-5-10)13-8-11(21(22)23)6-7-14(13)20-15/h1-9H. The fraction of sp³-hybridized carbons (Fsp3) is 0.0625. The highest BCUT2D eigenvalue weighted by molar-refractivity contribution is 5.96. The number of alkyl halides is 3. The second kappa shape index (κ2) is 5.35. The van der Waals surface area contributed by atoms with Gasteiger partial charge in [-0.25, -0.2) is 4.98 Å². The topological polar surface area (TPSA) is 56.0 Å². The summed E-state index contributed by atoms with van der Waals surface area (Å²) in [6, 6.07) is 12.9. The number of nitro groups is 1. The number of hydrogen-bond acceptors (Lipinski definition) is 3. The first kappa shape index (κ1) is 15.0. The van der Waals surface area contributed by atoms with Crippen LogP contribution in [0.5, 0.6) is 0 Å². The normalized spacial score (nSPS) is 11.6. The van der Waals surface area contributed by atoms with Crippen molar-refractivity contribution in [1.29, 1.82) is 0 Å². The maximum absolute atomic E-state index is 13.0. The number of non-ortho nitro benzene ring substituents is 1. The third kappa shape index (κ3) is 2.85. The van der Waals surface area contributed by atoms with Gasteiger partial charge in [-0.2, -0.15) is 13.2 Å². The van der Waals surface area contributed by atoms with Crippen LogP contribution in [0, 0.1) is 10.1 Å². The summed E-state index contributed by atoms with van der Waals surface area (Å²) >= 11 is 0. The molecule has 0 N–H and O–H groups in total. The summed E-state index contributed by atoms with van der Waals surface area (Å²) in [5.41, 5.74) is -0.379. The van der Waals surface area contributed by atoms with Crippen molar-refractivity contribution in [3.8, 4) is 11.1 Å². The van der Waals surface area contributed by atoms with Crippen LogP contribution in [0.25, 0.3) is 22.0 Å². The number of fused-ring (bicyclic) bond motifs is 1. The molecule has 116 valence electrons. The average molecular weight is 318 g/mol.